The highest BCUT2D eigenvalue weighted by Gasteiger charge is 2.04. The quantitative estimate of drug-likeness (QED) is 0.712. The van der Waals surface area contributed by atoms with Crippen LogP contribution in [0.2, 0.25) is 0 Å². The van der Waals surface area contributed by atoms with Crippen LogP contribution in [0.3, 0.4) is 0 Å². The predicted octanol–water partition coefficient (Wildman–Crippen LogP) is 3.13. The van der Waals surface area contributed by atoms with Crippen molar-refractivity contribution in [3.05, 3.63) is 42.0 Å². The second kappa shape index (κ2) is 4.32. The molecule has 2 aromatic carbocycles. The van der Waals surface area contributed by atoms with Gasteiger partial charge in [0.15, 0.2) is 6.79 Å². The van der Waals surface area contributed by atoms with Crippen molar-refractivity contribution in [1.82, 2.24) is 0 Å². The van der Waals surface area contributed by atoms with Crippen molar-refractivity contribution >= 4 is 10.8 Å². The van der Waals surface area contributed by atoms with Crippen molar-refractivity contribution in [2.24, 2.45) is 0 Å². The summed E-state index contributed by atoms with van der Waals surface area (Å²) in [5.41, 5.74) is 1.13. The summed E-state index contributed by atoms with van der Waals surface area (Å²) in [5.74, 6) is 0.912. The molecule has 78 valence electrons. The van der Waals surface area contributed by atoms with Crippen molar-refractivity contribution in [2.45, 2.75) is 6.92 Å². The molecule has 0 atom stereocenters. The van der Waals surface area contributed by atoms with Gasteiger partial charge in [-0.15, -0.1) is 0 Å². The van der Waals surface area contributed by atoms with E-state index in [2.05, 4.69) is 24.3 Å². The molecule has 2 nitrogen and oxygen atoms in total. The number of fused-ring (bicyclic) bond motifs is 1. The van der Waals surface area contributed by atoms with E-state index in [1.165, 1.54) is 5.39 Å². The first-order chi connectivity index (χ1) is 7.33. The third-order valence-corrected chi connectivity index (χ3v) is 2.40. The van der Waals surface area contributed by atoms with Crippen LogP contribution in [0, 0.1) is 6.92 Å². The van der Waals surface area contributed by atoms with E-state index < -0.39 is 0 Å². The van der Waals surface area contributed by atoms with Gasteiger partial charge in [0.25, 0.3) is 0 Å². The topological polar surface area (TPSA) is 18.5 Å². The summed E-state index contributed by atoms with van der Waals surface area (Å²) < 4.78 is 10.5. The zero-order valence-electron chi connectivity index (χ0n) is 8.99. The van der Waals surface area contributed by atoms with Gasteiger partial charge >= 0.3 is 0 Å². The summed E-state index contributed by atoms with van der Waals surface area (Å²) in [6.45, 7) is 2.33. The van der Waals surface area contributed by atoms with Gasteiger partial charge < -0.3 is 9.47 Å². The first kappa shape index (κ1) is 9.99. The number of rotatable bonds is 3. The van der Waals surface area contributed by atoms with Gasteiger partial charge in [-0.05, 0) is 17.9 Å². The molecular weight excluding hydrogens is 188 g/mol. The molecule has 0 aliphatic heterocycles. The molecule has 0 bridgehead atoms. The Morgan fingerprint density at radius 3 is 2.67 bits per heavy atom. The van der Waals surface area contributed by atoms with Crippen molar-refractivity contribution in [3.63, 3.8) is 0 Å². The molecular formula is C13H14O2. The minimum Gasteiger partial charge on any atom is -0.467 e. The van der Waals surface area contributed by atoms with Crippen LogP contribution >= 0.6 is 0 Å². The highest BCUT2D eigenvalue weighted by atomic mass is 16.7. The van der Waals surface area contributed by atoms with Gasteiger partial charge in [0.05, 0.1) is 0 Å². The lowest BCUT2D eigenvalue weighted by Crippen LogP contribution is -2.00. The molecule has 0 saturated carbocycles. The maximum absolute atomic E-state index is 5.58. The SMILES string of the molecule is COCOc1c(C)ccc2ccccc12. The fourth-order valence-electron chi connectivity index (χ4n) is 1.66. The van der Waals surface area contributed by atoms with E-state index in [1.807, 2.05) is 19.1 Å². The molecule has 0 aromatic heterocycles. The minimum absolute atomic E-state index is 0.287. The Kier molecular flexibility index (Phi) is 2.88. The Morgan fingerprint density at radius 1 is 1.07 bits per heavy atom. The lowest BCUT2D eigenvalue weighted by Gasteiger charge is -2.11. The van der Waals surface area contributed by atoms with Crippen LogP contribution < -0.4 is 4.74 Å². The maximum Gasteiger partial charge on any atom is 0.188 e. The van der Waals surface area contributed by atoms with Crippen LogP contribution in [-0.2, 0) is 4.74 Å². The summed E-state index contributed by atoms with van der Waals surface area (Å²) in [4.78, 5) is 0. The Hall–Kier alpha value is -1.54. The third-order valence-electron chi connectivity index (χ3n) is 2.40. The third kappa shape index (κ3) is 1.95. The number of benzene rings is 2. The zero-order chi connectivity index (χ0) is 10.7. The Balaban J connectivity index is 2.53. The molecule has 0 amide bonds. The summed E-state index contributed by atoms with van der Waals surface area (Å²) in [5, 5.41) is 2.32. The van der Waals surface area contributed by atoms with E-state index in [4.69, 9.17) is 9.47 Å². The molecule has 0 fully saturated rings. The van der Waals surface area contributed by atoms with Gasteiger partial charge in [0.1, 0.15) is 5.75 Å². The number of hydrogen-bond donors (Lipinski definition) is 0. The summed E-state index contributed by atoms with van der Waals surface area (Å²) in [7, 11) is 1.63. The highest BCUT2D eigenvalue weighted by molar-refractivity contribution is 5.89. The molecule has 0 unspecified atom stereocenters. The number of ether oxygens (including phenoxy) is 2. The molecule has 2 heteroatoms. The number of hydrogen-bond acceptors (Lipinski definition) is 2. The van der Waals surface area contributed by atoms with E-state index in [1.54, 1.807) is 7.11 Å². The van der Waals surface area contributed by atoms with Crippen molar-refractivity contribution in [3.8, 4) is 5.75 Å². The van der Waals surface area contributed by atoms with Gasteiger partial charge in [0, 0.05) is 12.5 Å². The minimum atomic E-state index is 0.287. The second-order valence-electron chi connectivity index (χ2n) is 3.48. The molecule has 0 aliphatic rings. The summed E-state index contributed by atoms with van der Waals surface area (Å²) in [6.07, 6.45) is 0. The normalized spacial score (nSPS) is 10.5. The predicted molar refractivity (Wildman–Crippen MR) is 61.2 cm³/mol. The van der Waals surface area contributed by atoms with Crippen LogP contribution in [0.25, 0.3) is 10.8 Å². The lowest BCUT2D eigenvalue weighted by molar-refractivity contribution is 0.0517. The number of aryl methyl sites for hydroxylation is 1. The van der Waals surface area contributed by atoms with Crippen molar-refractivity contribution in [2.75, 3.05) is 13.9 Å². The standard InChI is InChI=1S/C13H14O2/c1-10-7-8-11-5-3-4-6-12(11)13(10)15-9-14-2/h3-8H,9H2,1-2H3. The van der Waals surface area contributed by atoms with Gasteiger partial charge in [-0.3, -0.25) is 0 Å². The van der Waals surface area contributed by atoms with Crippen molar-refractivity contribution in [1.29, 1.82) is 0 Å². The largest absolute Gasteiger partial charge is 0.467 e. The highest BCUT2D eigenvalue weighted by Crippen LogP contribution is 2.29. The van der Waals surface area contributed by atoms with E-state index >= 15 is 0 Å². The lowest BCUT2D eigenvalue weighted by atomic mass is 10.1. The molecule has 0 heterocycles. The van der Waals surface area contributed by atoms with E-state index in [0.29, 0.717) is 0 Å². The fourth-order valence-corrected chi connectivity index (χ4v) is 1.66. The van der Waals surface area contributed by atoms with Gasteiger partial charge in [-0.2, -0.15) is 0 Å². The monoisotopic (exact) mass is 202 g/mol. The smallest absolute Gasteiger partial charge is 0.188 e. The average Bonchev–Trinajstić information content (AvgIpc) is 2.28. The Labute approximate surface area is 89.4 Å². The van der Waals surface area contributed by atoms with E-state index in [9.17, 15) is 0 Å². The Morgan fingerprint density at radius 2 is 1.87 bits per heavy atom. The molecule has 0 N–H and O–H groups in total. The number of methoxy groups -OCH3 is 1. The maximum atomic E-state index is 5.58. The van der Waals surface area contributed by atoms with Crippen LogP contribution in [0.1, 0.15) is 5.56 Å². The zero-order valence-corrected chi connectivity index (χ0v) is 8.99. The van der Waals surface area contributed by atoms with Crippen LogP contribution in [0.4, 0.5) is 0 Å². The first-order valence-corrected chi connectivity index (χ1v) is 4.93. The molecule has 0 radical (unpaired) electrons. The molecule has 2 aromatic rings. The first-order valence-electron chi connectivity index (χ1n) is 4.93. The van der Waals surface area contributed by atoms with Gasteiger partial charge in [-0.1, -0.05) is 36.4 Å². The molecule has 0 aliphatic carbocycles. The van der Waals surface area contributed by atoms with Crippen LogP contribution in [-0.4, -0.2) is 13.9 Å². The molecule has 0 spiro atoms. The average molecular weight is 202 g/mol. The van der Waals surface area contributed by atoms with Crippen molar-refractivity contribution < 1.29 is 9.47 Å². The summed E-state index contributed by atoms with van der Waals surface area (Å²) >= 11 is 0. The fraction of sp³-hybridized carbons (Fsp3) is 0.231. The summed E-state index contributed by atoms with van der Waals surface area (Å²) in [6, 6.07) is 12.3. The second-order valence-corrected chi connectivity index (χ2v) is 3.48. The van der Waals surface area contributed by atoms with E-state index in [-0.39, 0.29) is 6.79 Å². The molecule has 2 rings (SSSR count). The molecule has 0 saturated heterocycles. The van der Waals surface area contributed by atoms with Gasteiger partial charge in [0.2, 0.25) is 0 Å². The Bertz CT molecular complexity index is 463. The van der Waals surface area contributed by atoms with Crippen LogP contribution in [0.5, 0.6) is 5.75 Å². The van der Waals surface area contributed by atoms with E-state index in [0.717, 1.165) is 16.7 Å². The molecule has 15 heavy (non-hydrogen) atoms. The van der Waals surface area contributed by atoms with Gasteiger partial charge in [-0.25, -0.2) is 0 Å². The van der Waals surface area contributed by atoms with Crippen LogP contribution in [0.15, 0.2) is 36.4 Å².